The highest BCUT2D eigenvalue weighted by atomic mass is 31.2. The molecule has 174 valence electrons. The molecule has 0 aliphatic carbocycles. The molecular weight excluding hydrogens is 458 g/mol. The summed E-state index contributed by atoms with van der Waals surface area (Å²) in [5, 5.41) is 9.09. The minimum absolute atomic E-state index is 0.140. The predicted octanol–water partition coefficient (Wildman–Crippen LogP) is 1.48. The zero-order valence-corrected chi connectivity index (χ0v) is 17.0. The van der Waals surface area contributed by atoms with Gasteiger partial charge in [0, 0.05) is 11.4 Å². The molecule has 32 heavy (non-hydrogen) atoms. The number of rotatable bonds is 10. The van der Waals surface area contributed by atoms with Crippen molar-refractivity contribution >= 4 is 30.8 Å². The number of aliphatic carboxylic acids is 1. The Hall–Kier alpha value is -3.16. The van der Waals surface area contributed by atoms with Crippen LogP contribution in [-0.2, 0) is 14.2 Å². The number of nitrogens with zero attached hydrogens (tertiary/aromatic N) is 1. The van der Waals surface area contributed by atoms with Crippen LogP contribution in [-0.4, -0.2) is 49.9 Å². The van der Waals surface area contributed by atoms with Crippen LogP contribution in [0.3, 0.4) is 0 Å². The quantitative estimate of drug-likeness (QED) is 0.152. The summed E-state index contributed by atoms with van der Waals surface area (Å²) in [4.78, 5) is 42.8. The molecule has 0 aliphatic heterocycles. The van der Waals surface area contributed by atoms with E-state index in [1.54, 1.807) is 12.1 Å². The lowest BCUT2D eigenvalue weighted by molar-refractivity contribution is -0.192. The molecule has 0 radical (unpaired) electrons. The molecule has 11 nitrogen and oxygen atoms in total. The van der Waals surface area contributed by atoms with Gasteiger partial charge in [0.1, 0.15) is 6.54 Å². The lowest BCUT2D eigenvalue weighted by Crippen LogP contribution is -2.73. The molecule has 0 atom stereocenters. The highest BCUT2D eigenvalue weighted by Crippen LogP contribution is 2.49. The second-order valence-corrected chi connectivity index (χ2v) is 7.97. The van der Waals surface area contributed by atoms with Gasteiger partial charge in [-0.2, -0.15) is 24.0 Å². The minimum atomic E-state index is -5.82. The third-order valence-electron chi connectivity index (χ3n) is 3.90. The van der Waals surface area contributed by atoms with E-state index in [4.69, 9.17) is 5.11 Å². The van der Waals surface area contributed by atoms with Gasteiger partial charge in [-0.25, -0.2) is 0 Å². The molecule has 15 heteroatoms. The molecule has 0 aromatic heterocycles. The number of alkyl halides is 3. The molecule has 0 saturated heterocycles. The number of nitrogens with one attached hydrogen (secondary N) is 4. The molecule has 0 spiro atoms. The third kappa shape index (κ3) is 6.18. The summed E-state index contributed by atoms with van der Waals surface area (Å²) in [5.41, 5.74) is 5.41. The Kier molecular flexibility index (Phi) is 7.83. The number of amides is 1. The van der Waals surface area contributed by atoms with Crippen molar-refractivity contribution < 1.29 is 42.2 Å². The van der Waals surface area contributed by atoms with Crippen molar-refractivity contribution in [2.24, 2.45) is 0 Å². The maximum absolute atomic E-state index is 13.3. The van der Waals surface area contributed by atoms with E-state index in [0.29, 0.717) is 0 Å². The van der Waals surface area contributed by atoms with Crippen LogP contribution in [0.5, 0.6) is 0 Å². The summed E-state index contributed by atoms with van der Waals surface area (Å²) in [6.45, 7) is -1.71. The second-order valence-electron chi connectivity index (χ2n) is 6.23. The number of hydrogen-bond donors (Lipinski definition) is 7. The largest absolute Gasteiger partial charge is 0.480 e. The normalized spacial score (nSPS) is 12.2. The van der Waals surface area contributed by atoms with Crippen molar-refractivity contribution in [3.8, 4) is 0 Å². The molecule has 0 bridgehead atoms. The van der Waals surface area contributed by atoms with E-state index in [9.17, 15) is 37.1 Å². The summed E-state index contributed by atoms with van der Waals surface area (Å²) < 4.78 is 52.3. The fraction of sp³-hybridized carbons (Fsp3) is 0.176. The number of carbonyl (C=O) groups excluding carboxylic acids is 1. The smallest absolute Gasteiger partial charge is 0.471 e. The van der Waals surface area contributed by atoms with Crippen LogP contribution in [0.4, 0.5) is 24.5 Å². The number of halogens is 3. The molecule has 2 aromatic carbocycles. The predicted molar refractivity (Wildman–Crippen MR) is 107 cm³/mol. The number of benzene rings is 2. The molecule has 0 saturated carbocycles. The Balaban J connectivity index is 2.58. The first kappa shape index (κ1) is 25.1. The van der Waals surface area contributed by atoms with Gasteiger partial charge in [0.15, 0.2) is 0 Å². The summed E-state index contributed by atoms with van der Waals surface area (Å²) >= 11 is 0. The van der Waals surface area contributed by atoms with Crippen LogP contribution in [0.15, 0.2) is 60.7 Å². The Morgan fingerprint density at radius 2 is 1.28 bits per heavy atom. The third-order valence-corrected chi connectivity index (χ3v) is 5.21. The zero-order valence-electron chi connectivity index (χ0n) is 16.1. The Morgan fingerprint density at radius 3 is 1.59 bits per heavy atom. The van der Waals surface area contributed by atoms with Gasteiger partial charge in [-0.15, -0.1) is 0 Å². The topological polar surface area (TPSA) is 163 Å². The number of anilines is 2. The van der Waals surface area contributed by atoms with Crippen LogP contribution in [0.1, 0.15) is 0 Å². The minimum Gasteiger partial charge on any atom is -0.480 e. The van der Waals surface area contributed by atoms with Gasteiger partial charge < -0.3 is 25.7 Å². The van der Waals surface area contributed by atoms with Crippen LogP contribution < -0.4 is 21.7 Å². The lowest BCUT2D eigenvalue weighted by atomic mass is 10.3. The Labute approximate surface area is 179 Å². The summed E-state index contributed by atoms with van der Waals surface area (Å²) in [7, 11) is -5.82. The number of hydrogen-bond acceptors (Lipinski definition) is 7. The highest BCUT2D eigenvalue weighted by molar-refractivity contribution is 7.53. The zero-order chi connectivity index (χ0) is 24.0. The van der Waals surface area contributed by atoms with Gasteiger partial charge >= 0.3 is 25.6 Å². The number of carboxylic acids is 1. The summed E-state index contributed by atoms with van der Waals surface area (Å²) in [5.74, 6) is -4.77. The van der Waals surface area contributed by atoms with Crippen LogP contribution in [0.25, 0.3) is 0 Å². The summed E-state index contributed by atoms with van der Waals surface area (Å²) in [6, 6.07) is 14.8. The first-order valence-corrected chi connectivity index (χ1v) is 10.3. The number of para-hydroxylation sites is 2. The molecule has 2 rings (SSSR count). The van der Waals surface area contributed by atoms with Crippen molar-refractivity contribution in [1.82, 2.24) is 15.8 Å². The fourth-order valence-corrected chi connectivity index (χ4v) is 3.33. The van der Waals surface area contributed by atoms with E-state index in [1.807, 2.05) is 10.9 Å². The van der Waals surface area contributed by atoms with E-state index in [2.05, 4.69) is 10.9 Å². The SMILES string of the molecule is O=C(O)CN(C(=O)C(F)(F)F)C(NNc1ccccc1)(NNc1ccccc1)P(=O)(O)O. The van der Waals surface area contributed by atoms with Crippen LogP contribution in [0, 0.1) is 0 Å². The molecular formula is C17H19F3N5O6P. The maximum atomic E-state index is 13.3. The molecule has 0 aliphatic rings. The van der Waals surface area contributed by atoms with Crippen LogP contribution in [0.2, 0.25) is 0 Å². The van der Waals surface area contributed by atoms with Gasteiger partial charge in [-0.05, 0) is 24.3 Å². The highest BCUT2D eigenvalue weighted by Gasteiger charge is 2.60. The van der Waals surface area contributed by atoms with Crippen molar-refractivity contribution in [3.63, 3.8) is 0 Å². The van der Waals surface area contributed by atoms with Crippen molar-refractivity contribution in [1.29, 1.82) is 0 Å². The van der Waals surface area contributed by atoms with Crippen molar-refractivity contribution in [2.45, 2.75) is 11.7 Å². The van der Waals surface area contributed by atoms with E-state index in [1.165, 1.54) is 48.5 Å². The molecule has 0 heterocycles. The number of carbonyl (C=O) groups is 2. The van der Waals surface area contributed by atoms with E-state index < -0.39 is 42.6 Å². The Bertz CT molecular complexity index is 930. The summed E-state index contributed by atoms with van der Waals surface area (Å²) in [6.07, 6.45) is -5.65. The average molecular weight is 477 g/mol. The average Bonchev–Trinajstić information content (AvgIpc) is 2.72. The standard InChI is InChI=1S/C17H19F3N5O6P/c18-16(19,20)15(28)25(11-14(26)27)17(32(29,30)31,23-21-12-7-3-1-4-8-12)24-22-13-9-5-2-6-10-13/h1-10,21-24H,11H2,(H,26,27)(H2,29,30,31). The van der Waals surface area contributed by atoms with Crippen LogP contribution >= 0.6 is 7.60 Å². The molecule has 7 N–H and O–H groups in total. The molecule has 1 amide bonds. The van der Waals surface area contributed by atoms with Gasteiger partial charge in [-0.1, -0.05) is 36.4 Å². The van der Waals surface area contributed by atoms with Gasteiger partial charge in [0.25, 0.3) is 5.53 Å². The molecule has 0 fully saturated rings. The monoisotopic (exact) mass is 477 g/mol. The first-order chi connectivity index (χ1) is 14.9. The van der Waals surface area contributed by atoms with E-state index in [-0.39, 0.29) is 11.4 Å². The van der Waals surface area contributed by atoms with Gasteiger partial charge in [-0.3, -0.25) is 19.1 Å². The Morgan fingerprint density at radius 1 is 0.875 bits per heavy atom. The first-order valence-electron chi connectivity index (χ1n) is 8.69. The van der Waals surface area contributed by atoms with Crippen molar-refractivity contribution in [2.75, 3.05) is 17.4 Å². The van der Waals surface area contributed by atoms with E-state index in [0.717, 1.165) is 0 Å². The number of hydrazine groups is 2. The second kappa shape index (κ2) is 9.97. The van der Waals surface area contributed by atoms with Gasteiger partial charge in [0.05, 0.1) is 0 Å². The molecule has 0 unspecified atom stereocenters. The number of carboxylic acid groups (broad SMARTS) is 1. The lowest BCUT2D eigenvalue weighted by Gasteiger charge is -2.43. The maximum Gasteiger partial charge on any atom is 0.471 e. The molecule has 2 aromatic rings. The fourth-order valence-electron chi connectivity index (χ4n) is 2.45. The van der Waals surface area contributed by atoms with Crippen molar-refractivity contribution in [3.05, 3.63) is 60.7 Å². The van der Waals surface area contributed by atoms with Gasteiger partial charge in [0.2, 0.25) is 0 Å². The van der Waals surface area contributed by atoms with E-state index >= 15 is 0 Å².